The van der Waals surface area contributed by atoms with Crippen molar-refractivity contribution in [1.82, 2.24) is 19.6 Å². The highest BCUT2D eigenvalue weighted by atomic mass is 16.4. The molecule has 25 heavy (non-hydrogen) atoms. The van der Waals surface area contributed by atoms with E-state index in [0.29, 0.717) is 12.8 Å². The van der Waals surface area contributed by atoms with E-state index in [1.807, 2.05) is 13.8 Å². The molecular weight excluding hydrogens is 332 g/mol. The lowest BCUT2D eigenvalue weighted by Crippen LogP contribution is -2.48. The summed E-state index contributed by atoms with van der Waals surface area (Å²) >= 11 is 0. The third-order valence-electron chi connectivity index (χ3n) is 4.60. The fourth-order valence-corrected chi connectivity index (χ4v) is 2.99. The lowest BCUT2D eigenvalue weighted by atomic mass is 10.3. The van der Waals surface area contributed by atoms with Crippen LogP contribution in [0.3, 0.4) is 0 Å². The minimum atomic E-state index is -1.51. The van der Waals surface area contributed by atoms with E-state index in [1.165, 1.54) is 0 Å². The van der Waals surface area contributed by atoms with Gasteiger partial charge in [0.15, 0.2) is 24.9 Å². The number of unbranched alkanes of at least 4 members (excludes halogenated alkanes) is 2. The molecule has 10 heteroatoms. The molecule has 0 saturated carbocycles. The van der Waals surface area contributed by atoms with Crippen LogP contribution in [0.2, 0.25) is 0 Å². The summed E-state index contributed by atoms with van der Waals surface area (Å²) in [6.07, 6.45) is -2.85. The molecule has 0 aromatic rings. The summed E-state index contributed by atoms with van der Waals surface area (Å²) in [5, 5.41) is 40.3. The van der Waals surface area contributed by atoms with E-state index in [4.69, 9.17) is 0 Å². The molecule has 4 amide bonds. The van der Waals surface area contributed by atoms with Gasteiger partial charge in [-0.25, -0.2) is 9.59 Å². The first-order valence-corrected chi connectivity index (χ1v) is 8.71. The van der Waals surface area contributed by atoms with Crippen LogP contribution in [0.25, 0.3) is 0 Å². The van der Waals surface area contributed by atoms with Gasteiger partial charge in [-0.15, -0.1) is 0 Å². The molecule has 2 fully saturated rings. The Kier molecular flexibility index (Phi) is 6.44. The minimum Gasteiger partial charge on any atom is -0.369 e. The van der Waals surface area contributed by atoms with Crippen molar-refractivity contribution < 1.29 is 30.0 Å². The minimum absolute atomic E-state index is 0.284. The van der Waals surface area contributed by atoms with E-state index in [0.717, 1.165) is 32.4 Å². The van der Waals surface area contributed by atoms with Crippen LogP contribution in [-0.2, 0) is 0 Å². The summed E-state index contributed by atoms with van der Waals surface area (Å²) in [6.45, 7) is 4.02. The SMILES string of the molecule is CCCCN1C(=O)N(CN2C(=O)N(CCCC)C(O)C2O)C(O)C1O. The number of urea groups is 2. The summed E-state index contributed by atoms with van der Waals surface area (Å²) in [5.41, 5.74) is 0. The lowest BCUT2D eigenvalue weighted by Gasteiger charge is -2.27. The molecule has 0 spiro atoms. The van der Waals surface area contributed by atoms with Gasteiger partial charge in [0.25, 0.3) is 0 Å². The Morgan fingerprint density at radius 1 is 0.680 bits per heavy atom. The Hall–Kier alpha value is -1.62. The topological polar surface area (TPSA) is 128 Å². The molecule has 0 aliphatic carbocycles. The van der Waals surface area contributed by atoms with Gasteiger partial charge in [-0.2, -0.15) is 0 Å². The molecule has 4 unspecified atom stereocenters. The van der Waals surface area contributed by atoms with Crippen molar-refractivity contribution in [3.8, 4) is 0 Å². The highest BCUT2D eigenvalue weighted by molar-refractivity contribution is 5.80. The second kappa shape index (κ2) is 8.17. The van der Waals surface area contributed by atoms with Gasteiger partial charge in [0.05, 0.1) is 0 Å². The Morgan fingerprint density at radius 2 is 1.00 bits per heavy atom. The number of nitrogens with zero attached hydrogens (tertiary/aromatic N) is 4. The Labute approximate surface area is 146 Å². The molecule has 2 saturated heterocycles. The van der Waals surface area contributed by atoms with E-state index in [-0.39, 0.29) is 13.1 Å². The zero-order chi connectivity index (χ0) is 18.7. The standard InChI is InChI=1S/C15H28N4O6/c1-3-5-7-16-10(20)12(22)18(14(16)24)9-19-13(23)11(21)17(15(19)25)8-6-4-2/h10-13,20-23H,3-9H2,1-2H3. The number of aliphatic hydroxyl groups is 4. The first-order valence-electron chi connectivity index (χ1n) is 8.71. The Morgan fingerprint density at radius 3 is 1.32 bits per heavy atom. The van der Waals surface area contributed by atoms with Crippen molar-refractivity contribution in [3.05, 3.63) is 0 Å². The van der Waals surface area contributed by atoms with Gasteiger partial charge in [0, 0.05) is 13.1 Å². The van der Waals surface area contributed by atoms with E-state index in [9.17, 15) is 30.0 Å². The molecule has 2 heterocycles. The second-order valence-electron chi connectivity index (χ2n) is 6.39. The molecule has 0 radical (unpaired) electrons. The smallest absolute Gasteiger partial charge is 0.325 e. The number of rotatable bonds is 8. The zero-order valence-electron chi connectivity index (χ0n) is 14.7. The molecule has 144 valence electrons. The van der Waals surface area contributed by atoms with Gasteiger partial charge in [-0.1, -0.05) is 26.7 Å². The maximum absolute atomic E-state index is 12.4. The number of carbonyl (C=O) groups is 2. The summed E-state index contributed by atoms with van der Waals surface area (Å²) in [5.74, 6) is 0. The third-order valence-corrected chi connectivity index (χ3v) is 4.60. The quantitative estimate of drug-likeness (QED) is 0.453. The molecule has 2 aliphatic heterocycles. The summed E-state index contributed by atoms with van der Waals surface area (Å²) in [4.78, 5) is 28.9. The monoisotopic (exact) mass is 360 g/mol. The number of hydrogen-bond acceptors (Lipinski definition) is 6. The van der Waals surface area contributed by atoms with Gasteiger partial charge in [-0.05, 0) is 12.8 Å². The average Bonchev–Trinajstić information content (AvgIpc) is 2.91. The second-order valence-corrected chi connectivity index (χ2v) is 6.39. The highest BCUT2D eigenvalue weighted by Crippen LogP contribution is 2.25. The molecule has 0 bridgehead atoms. The van der Waals surface area contributed by atoms with Gasteiger partial charge in [0.2, 0.25) is 0 Å². The van der Waals surface area contributed by atoms with Crippen molar-refractivity contribution in [3.63, 3.8) is 0 Å². The molecule has 0 aromatic heterocycles. The average molecular weight is 360 g/mol. The normalized spacial score (nSPS) is 30.2. The molecular formula is C15H28N4O6. The van der Waals surface area contributed by atoms with Crippen LogP contribution in [-0.4, -0.2) is 96.8 Å². The fourth-order valence-electron chi connectivity index (χ4n) is 2.99. The van der Waals surface area contributed by atoms with Crippen LogP contribution in [0.15, 0.2) is 0 Å². The van der Waals surface area contributed by atoms with Crippen LogP contribution < -0.4 is 0 Å². The van der Waals surface area contributed by atoms with E-state index in [1.54, 1.807) is 0 Å². The Bertz CT molecular complexity index is 451. The predicted molar refractivity (Wildman–Crippen MR) is 86.6 cm³/mol. The van der Waals surface area contributed by atoms with Crippen LogP contribution in [0.5, 0.6) is 0 Å². The van der Waals surface area contributed by atoms with Crippen LogP contribution >= 0.6 is 0 Å². The van der Waals surface area contributed by atoms with Gasteiger partial charge in [0.1, 0.15) is 6.67 Å². The lowest BCUT2D eigenvalue weighted by molar-refractivity contribution is -0.0981. The van der Waals surface area contributed by atoms with Crippen molar-refractivity contribution in [2.75, 3.05) is 19.8 Å². The molecule has 0 aromatic carbocycles. The molecule has 4 N–H and O–H groups in total. The fraction of sp³-hybridized carbons (Fsp3) is 0.867. The number of aliphatic hydroxyl groups excluding tert-OH is 4. The zero-order valence-corrected chi connectivity index (χ0v) is 14.7. The molecule has 2 aliphatic rings. The summed E-state index contributed by atoms with van der Waals surface area (Å²) in [7, 11) is 0. The van der Waals surface area contributed by atoms with Crippen molar-refractivity contribution >= 4 is 12.1 Å². The van der Waals surface area contributed by atoms with Crippen molar-refractivity contribution in [2.24, 2.45) is 0 Å². The first kappa shape index (κ1) is 19.7. The van der Waals surface area contributed by atoms with Gasteiger partial charge in [-0.3, -0.25) is 19.6 Å². The molecule has 4 atom stereocenters. The first-order chi connectivity index (χ1) is 11.8. The number of hydrogen-bond donors (Lipinski definition) is 4. The predicted octanol–water partition coefficient (Wildman–Crippen LogP) is -0.707. The largest absolute Gasteiger partial charge is 0.369 e. The maximum atomic E-state index is 12.4. The third kappa shape index (κ3) is 3.66. The highest BCUT2D eigenvalue weighted by Gasteiger charge is 2.49. The number of amides is 4. The molecule has 2 rings (SSSR count). The van der Waals surface area contributed by atoms with Crippen molar-refractivity contribution in [2.45, 2.75) is 64.4 Å². The maximum Gasteiger partial charge on any atom is 0.325 e. The van der Waals surface area contributed by atoms with E-state index in [2.05, 4.69) is 0 Å². The van der Waals surface area contributed by atoms with E-state index >= 15 is 0 Å². The van der Waals surface area contributed by atoms with Crippen LogP contribution in [0.1, 0.15) is 39.5 Å². The summed E-state index contributed by atoms with van der Waals surface area (Å²) < 4.78 is 0. The van der Waals surface area contributed by atoms with Crippen LogP contribution in [0, 0.1) is 0 Å². The van der Waals surface area contributed by atoms with E-state index < -0.39 is 43.6 Å². The van der Waals surface area contributed by atoms with Gasteiger partial charge >= 0.3 is 12.1 Å². The molecule has 10 nitrogen and oxygen atoms in total. The van der Waals surface area contributed by atoms with Crippen molar-refractivity contribution in [1.29, 1.82) is 0 Å². The summed E-state index contributed by atoms with van der Waals surface area (Å²) in [6, 6.07) is -1.23. The van der Waals surface area contributed by atoms with Gasteiger partial charge < -0.3 is 20.4 Å². The number of carbonyl (C=O) groups excluding carboxylic acids is 2. The Balaban J connectivity index is 2.07. The van der Waals surface area contributed by atoms with Crippen LogP contribution in [0.4, 0.5) is 9.59 Å².